The summed E-state index contributed by atoms with van der Waals surface area (Å²) in [6, 6.07) is 5.26. The summed E-state index contributed by atoms with van der Waals surface area (Å²) >= 11 is 0. The Morgan fingerprint density at radius 1 is 1.47 bits per heavy atom. The lowest BCUT2D eigenvalue weighted by atomic mass is 9.98. The van der Waals surface area contributed by atoms with Crippen molar-refractivity contribution in [2.45, 2.75) is 12.8 Å². The molecular weight excluding hydrogens is 190 g/mol. The molecule has 0 spiro atoms. The van der Waals surface area contributed by atoms with Crippen LogP contribution >= 0.6 is 0 Å². The van der Waals surface area contributed by atoms with Gasteiger partial charge in [-0.25, -0.2) is 4.79 Å². The van der Waals surface area contributed by atoms with Crippen LogP contribution in [0.15, 0.2) is 30.5 Å². The first-order valence-corrected chi connectivity index (χ1v) is 4.87. The minimum Gasteiger partial charge on any atom is -0.478 e. The number of anilines is 1. The van der Waals surface area contributed by atoms with Gasteiger partial charge in [0.25, 0.3) is 0 Å². The summed E-state index contributed by atoms with van der Waals surface area (Å²) in [6.45, 7) is 3.95. The summed E-state index contributed by atoms with van der Waals surface area (Å²) in [6.07, 6.45) is 1.88. The van der Waals surface area contributed by atoms with Crippen LogP contribution in [0.2, 0.25) is 0 Å². The Kier molecular flexibility index (Phi) is 2.23. The number of aryl methyl sites for hydroxylation is 1. The number of nitrogens with zero attached hydrogens (tertiary/aromatic N) is 1. The van der Waals surface area contributed by atoms with Gasteiger partial charge in [0, 0.05) is 18.4 Å². The summed E-state index contributed by atoms with van der Waals surface area (Å²) in [5.41, 5.74) is 3.52. The number of hydrogen-bond acceptors (Lipinski definition) is 2. The number of hydrogen-bond donors (Lipinski definition) is 1. The van der Waals surface area contributed by atoms with Crippen LogP contribution in [0.4, 0.5) is 5.69 Å². The van der Waals surface area contributed by atoms with Gasteiger partial charge in [0.15, 0.2) is 0 Å². The standard InChI is InChI=1S/C12H13NO2/c1-8-3-4-9-5-6-10(12(14)15)7-11(9)13(8)2/h5-7H,1,3-4H2,2H3,(H,14,15). The Hall–Kier alpha value is -1.77. The van der Waals surface area contributed by atoms with E-state index in [1.54, 1.807) is 12.1 Å². The summed E-state index contributed by atoms with van der Waals surface area (Å²) in [4.78, 5) is 12.8. The first-order valence-electron chi connectivity index (χ1n) is 4.87. The molecule has 3 nitrogen and oxygen atoms in total. The average Bonchev–Trinajstić information content (AvgIpc) is 2.23. The molecule has 0 aromatic heterocycles. The highest BCUT2D eigenvalue weighted by Crippen LogP contribution is 2.31. The number of carbonyl (C=O) groups is 1. The van der Waals surface area contributed by atoms with Crippen LogP contribution in [0.5, 0.6) is 0 Å². The highest BCUT2D eigenvalue weighted by Gasteiger charge is 2.18. The van der Waals surface area contributed by atoms with Crippen molar-refractivity contribution >= 4 is 11.7 Å². The third kappa shape index (κ3) is 1.61. The molecule has 0 bridgehead atoms. The maximum Gasteiger partial charge on any atom is 0.335 e. The lowest BCUT2D eigenvalue weighted by molar-refractivity contribution is 0.0697. The van der Waals surface area contributed by atoms with Gasteiger partial charge in [-0.1, -0.05) is 12.6 Å². The van der Waals surface area contributed by atoms with Gasteiger partial charge in [0.2, 0.25) is 0 Å². The Morgan fingerprint density at radius 3 is 2.87 bits per heavy atom. The smallest absolute Gasteiger partial charge is 0.335 e. The number of carboxylic acids is 1. The average molecular weight is 203 g/mol. The third-order valence-electron chi connectivity index (χ3n) is 2.85. The van der Waals surface area contributed by atoms with Crippen molar-refractivity contribution in [2.24, 2.45) is 0 Å². The van der Waals surface area contributed by atoms with E-state index in [2.05, 4.69) is 6.58 Å². The number of carboxylic acid groups (broad SMARTS) is 1. The zero-order valence-electron chi connectivity index (χ0n) is 8.66. The van der Waals surface area contributed by atoms with Crippen molar-refractivity contribution in [1.82, 2.24) is 0 Å². The summed E-state index contributed by atoms with van der Waals surface area (Å²) in [7, 11) is 1.92. The molecule has 0 fully saturated rings. The highest BCUT2D eigenvalue weighted by atomic mass is 16.4. The van der Waals surface area contributed by atoms with Crippen LogP contribution in [-0.2, 0) is 6.42 Å². The first-order chi connectivity index (χ1) is 7.09. The molecule has 0 atom stereocenters. The molecule has 1 aromatic carbocycles. The van der Waals surface area contributed by atoms with Crippen molar-refractivity contribution in [3.8, 4) is 0 Å². The monoisotopic (exact) mass is 203 g/mol. The number of fused-ring (bicyclic) bond motifs is 1. The summed E-state index contributed by atoms with van der Waals surface area (Å²) in [5.74, 6) is -0.887. The minimum absolute atomic E-state index is 0.329. The van der Waals surface area contributed by atoms with Crippen molar-refractivity contribution in [3.63, 3.8) is 0 Å². The van der Waals surface area contributed by atoms with Crippen molar-refractivity contribution in [1.29, 1.82) is 0 Å². The van der Waals surface area contributed by atoms with Gasteiger partial charge in [-0.15, -0.1) is 0 Å². The van der Waals surface area contributed by atoms with Crippen molar-refractivity contribution in [3.05, 3.63) is 41.6 Å². The maximum atomic E-state index is 10.8. The zero-order chi connectivity index (χ0) is 11.0. The molecule has 1 aliphatic heterocycles. The SMILES string of the molecule is C=C1CCc2ccc(C(=O)O)cc2N1C. The summed E-state index contributed by atoms with van der Waals surface area (Å²) in [5, 5.41) is 8.90. The first kappa shape index (κ1) is 9.77. The van der Waals surface area contributed by atoms with E-state index in [-0.39, 0.29) is 0 Å². The van der Waals surface area contributed by atoms with E-state index < -0.39 is 5.97 Å². The molecule has 0 amide bonds. The van der Waals surface area contributed by atoms with Crippen LogP contribution in [0, 0.1) is 0 Å². The molecule has 0 saturated heterocycles. The Morgan fingerprint density at radius 2 is 2.20 bits per heavy atom. The van der Waals surface area contributed by atoms with Gasteiger partial charge in [0.05, 0.1) is 5.56 Å². The van der Waals surface area contributed by atoms with Gasteiger partial charge < -0.3 is 10.0 Å². The van der Waals surface area contributed by atoms with Gasteiger partial charge in [-0.05, 0) is 30.5 Å². The largest absolute Gasteiger partial charge is 0.478 e. The zero-order valence-corrected chi connectivity index (χ0v) is 8.66. The molecule has 1 heterocycles. The molecule has 1 N–H and O–H groups in total. The minimum atomic E-state index is -0.887. The second-order valence-electron chi connectivity index (χ2n) is 3.77. The van der Waals surface area contributed by atoms with Crippen LogP contribution in [0.1, 0.15) is 22.3 Å². The normalized spacial score (nSPS) is 15.0. The van der Waals surface area contributed by atoms with E-state index >= 15 is 0 Å². The fraction of sp³-hybridized carbons (Fsp3) is 0.250. The van der Waals surface area contributed by atoms with Crippen molar-refractivity contribution < 1.29 is 9.90 Å². The summed E-state index contributed by atoms with van der Waals surface area (Å²) < 4.78 is 0. The highest BCUT2D eigenvalue weighted by molar-refractivity contribution is 5.89. The van der Waals surface area contributed by atoms with E-state index in [1.807, 2.05) is 18.0 Å². The van der Waals surface area contributed by atoms with E-state index in [1.165, 1.54) is 5.56 Å². The van der Waals surface area contributed by atoms with E-state index in [0.29, 0.717) is 5.56 Å². The lowest BCUT2D eigenvalue weighted by Crippen LogP contribution is -2.22. The number of allylic oxidation sites excluding steroid dienone is 1. The molecule has 3 heteroatoms. The number of benzene rings is 1. The number of rotatable bonds is 1. The third-order valence-corrected chi connectivity index (χ3v) is 2.85. The second-order valence-corrected chi connectivity index (χ2v) is 3.77. The molecule has 15 heavy (non-hydrogen) atoms. The van der Waals surface area contributed by atoms with Crippen LogP contribution < -0.4 is 4.90 Å². The van der Waals surface area contributed by atoms with Gasteiger partial charge in [0.1, 0.15) is 0 Å². The second kappa shape index (κ2) is 3.42. The van der Waals surface area contributed by atoms with Gasteiger partial charge >= 0.3 is 5.97 Å². The van der Waals surface area contributed by atoms with Crippen LogP contribution in [-0.4, -0.2) is 18.1 Å². The molecule has 1 aromatic rings. The molecule has 0 aliphatic carbocycles. The Balaban J connectivity index is 2.50. The van der Waals surface area contributed by atoms with Gasteiger partial charge in [-0.2, -0.15) is 0 Å². The van der Waals surface area contributed by atoms with Crippen molar-refractivity contribution in [2.75, 3.05) is 11.9 Å². The fourth-order valence-electron chi connectivity index (χ4n) is 1.84. The molecule has 1 aliphatic rings. The molecule has 0 unspecified atom stereocenters. The fourth-order valence-corrected chi connectivity index (χ4v) is 1.84. The quantitative estimate of drug-likeness (QED) is 0.761. The molecular formula is C12H13NO2. The predicted molar refractivity (Wildman–Crippen MR) is 59.3 cm³/mol. The maximum absolute atomic E-state index is 10.8. The van der Waals surface area contributed by atoms with Crippen LogP contribution in [0.3, 0.4) is 0 Å². The topological polar surface area (TPSA) is 40.5 Å². The molecule has 2 rings (SSSR count). The lowest BCUT2D eigenvalue weighted by Gasteiger charge is -2.29. The predicted octanol–water partition coefficient (Wildman–Crippen LogP) is 2.28. The molecule has 0 radical (unpaired) electrons. The molecule has 78 valence electrons. The molecule has 0 saturated carbocycles. The van der Waals surface area contributed by atoms with Gasteiger partial charge in [-0.3, -0.25) is 0 Å². The van der Waals surface area contributed by atoms with E-state index in [0.717, 1.165) is 24.2 Å². The Bertz CT molecular complexity index is 437. The Labute approximate surface area is 88.6 Å². The van der Waals surface area contributed by atoms with E-state index in [4.69, 9.17) is 5.11 Å². The van der Waals surface area contributed by atoms with Crippen LogP contribution in [0.25, 0.3) is 0 Å². The number of aromatic carboxylic acids is 1. The van der Waals surface area contributed by atoms with E-state index in [9.17, 15) is 4.79 Å².